The molecule has 0 spiro atoms. The largest absolute Gasteiger partial charge is 0.327 e. The Labute approximate surface area is 87.8 Å². The van der Waals surface area contributed by atoms with Crippen LogP contribution in [0.3, 0.4) is 0 Å². The molecule has 1 heterocycles. The Hall–Kier alpha value is -0.0800. The highest BCUT2D eigenvalue weighted by Gasteiger charge is 2.29. The molecule has 1 saturated carbocycles. The minimum Gasteiger partial charge on any atom is -0.327 e. The molecule has 0 bridgehead atoms. The van der Waals surface area contributed by atoms with Gasteiger partial charge in [-0.1, -0.05) is 6.92 Å². The van der Waals surface area contributed by atoms with Gasteiger partial charge >= 0.3 is 0 Å². The highest BCUT2D eigenvalue weighted by atomic mass is 15.2. The van der Waals surface area contributed by atoms with Crippen molar-refractivity contribution in [2.24, 2.45) is 11.7 Å². The molecule has 82 valence electrons. The first-order chi connectivity index (χ1) is 6.81. The molecule has 2 atom stereocenters. The Morgan fingerprint density at radius 2 is 2.14 bits per heavy atom. The fraction of sp³-hybridized carbons (Fsp3) is 1.00. The summed E-state index contributed by atoms with van der Waals surface area (Å²) in [6.07, 6.45) is 8.13. The van der Waals surface area contributed by atoms with Crippen LogP contribution in [-0.2, 0) is 0 Å². The summed E-state index contributed by atoms with van der Waals surface area (Å²) in [5.74, 6) is 0.873. The van der Waals surface area contributed by atoms with E-state index in [0.29, 0.717) is 6.04 Å². The van der Waals surface area contributed by atoms with Gasteiger partial charge in [0.15, 0.2) is 0 Å². The third-order valence-corrected chi connectivity index (χ3v) is 3.95. The lowest BCUT2D eigenvalue weighted by Gasteiger charge is -2.24. The predicted molar refractivity (Wildman–Crippen MR) is 60.2 cm³/mol. The third-order valence-electron chi connectivity index (χ3n) is 3.95. The van der Waals surface area contributed by atoms with Gasteiger partial charge in [-0.2, -0.15) is 0 Å². The van der Waals surface area contributed by atoms with Crippen LogP contribution in [-0.4, -0.2) is 30.1 Å². The minimum absolute atomic E-state index is 0.494. The maximum atomic E-state index is 6.12. The highest BCUT2D eigenvalue weighted by molar-refractivity contribution is 4.86. The normalized spacial score (nSPS) is 30.9. The number of hydrogen-bond acceptors (Lipinski definition) is 2. The van der Waals surface area contributed by atoms with Crippen molar-refractivity contribution in [3.05, 3.63) is 0 Å². The van der Waals surface area contributed by atoms with Crippen LogP contribution in [0.2, 0.25) is 0 Å². The quantitative estimate of drug-likeness (QED) is 0.728. The average Bonchev–Trinajstić information content (AvgIpc) is 2.94. The van der Waals surface area contributed by atoms with E-state index >= 15 is 0 Å². The van der Waals surface area contributed by atoms with Crippen molar-refractivity contribution < 1.29 is 0 Å². The van der Waals surface area contributed by atoms with Gasteiger partial charge in [-0.25, -0.2) is 0 Å². The van der Waals surface area contributed by atoms with Crippen molar-refractivity contribution in [3.8, 4) is 0 Å². The zero-order chi connectivity index (χ0) is 9.97. The summed E-state index contributed by atoms with van der Waals surface area (Å²) in [4.78, 5) is 2.66. The van der Waals surface area contributed by atoms with Crippen LogP contribution in [0.1, 0.15) is 45.4 Å². The SMILES string of the molecule is CCC1CCCN1CCC(N)C1CC1. The first-order valence-corrected chi connectivity index (χ1v) is 6.31. The van der Waals surface area contributed by atoms with E-state index in [4.69, 9.17) is 5.73 Å². The monoisotopic (exact) mass is 196 g/mol. The van der Waals surface area contributed by atoms with E-state index in [-0.39, 0.29) is 0 Å². The highest BCUT2D eigenvalue weighted by Crippen LogP contribution is 2.33. The summed E-state index contributed by atoms with van der Waals surface area (Å²) in [5, 5.41) is 0. The van der Waals surface area contributed by atoms with Gasteiger partial charge in [0.05, 0.1) is 0 Å². The van der Waals surface area contributed by atoms with Gasteiger partial charge in [0.2, 0.25) is 0 Å². The Kier molecular flexibility index (Phi) is 3.45. The molecule has 2 rings (SSSR count). The van der Waals surface area contributed by atoms with Gasteiger partial charge in [0.1, 0.15) is 0 Å². The second-order valence-corrected chi connectivity index (χ2v) is 5.03. The Bertz CT molecular complexity index is 177. The minimum atomic E-state index is 0.494. The molecule has 0 aromatic rings. The Balaban J connectivity index is 1.68. The first kappa shape index (κ1) is 10.4. The van der Waals surface area contributed by atoms with E-state index in [1.54, 1.807) is 0 Å². The molecule has 14 heavy (non-hydrogen) atoms. The van der Waals surface area contributed by atoms with E-state index in [9.17, 15) is 0 Å². The van der Waals surface area contributed by atoms with Crippen molar-refractivity contribution in [3.63, 3.8) is 0 Å². The maximum absolute atomic E-state index is 6.12. The molecule has 0 radical (unpaired) electrons. The number of nitrogens with zero attached hydrogens (tertiary/aromatic N) is 1. The van der Waals surface area contributed by atoms with Gasteiger partial charge < -0.3 is 10.6 Å². The zero-order valence-electron chi connectivity index (χ0n) is 9.41. The van der Waals surface area contributed by atoms with Crippen LogP contribution < -0.4 is 5.73 Å². The van der Waals surface area contributed by atoms with Crippen LogP contribution in [0, 0.1) is 5.92 Å². The van der Waals surface area contributed by atoms with Crippen molar-refractivity contribution in [1.82, 2.24) is 4.90 Å². The van der Waals surface area contributed by atoms with Crippen molar-refractivity contribution in [2.45, 2.75) is 57.5 Å². The standard InChI is InChI=1S/C12H24N2/c1-2-11-4-3-8-14(11)9-7-12(13)10-5-6-10/h10-12H,2-9,13H2,1H3. The second kappa shape index (κ2) is 4.63. The molecule has 2 unspecified atom stereocenters. The van der Waals surface area contributed by atoms with Crippen molar-refractivity contribution in [1.29, 1.82) is 0 Å². The predicted octanol–water partition coefficient (Wildman–Crippen LogP) is 1.99. The molecule has 1 aliphatic heterocycles. The summed E-state index contributed by atoms with van der Waals surface area (Å²) in [6, 6.07) is 1.36. The second-order valence-electron chi connectivity index (χ2n) is 5.03. The molecule has 1 aliphatic carbocycles. The van der Waals surface area contributed by atoms with Gasteiger partial charge in [-0.15, -0.1) is 0 Å². The van der Waals surface area contributed by atoms with E-state index in [2.05, 4.69) is 11.8 Å². The molecule has 2 nitrogen and oxygen atoms in total. The number of nitrogens with two attached hydrogens (primary N) is 1. The smallest absolute Gasteiger partial charge is 0.00931 e. The summed E-state index contributed by atoms with van der Waals surface area (Å²) in [5.41, 5.74) is 6.12. The van der Waals surface area contributed by atoms with Gasteiger partial charge in [-0.05, 0) is 57.5 Å². The molecule has 0 aromatic carbocycles. The van der Waals surface area contributed by atoms with E-state index in [0.717, 1.165) is 12.0 Å². The number of likely N-dealkylation sites (tertiary alicyclic amines) is 1. The lowest BCUT2D eigenvalue weighted by molar-refractivity contribution is 0.236. The third kappa shape index (κ3) is 2.48. The van der Waals surface area contributed by atoms with Gasteiger partial charge in [0, 0.05) is 12.1 Å². The van der Waals surface area contributed by atoms with E-state index in [1.807, 2.05) is 0 Å². The van der Waals surface area contributed by atoms with Crippen LogP contribution in [0.25, 0.3) is 0 Å². The van der Waals surface area contributed by atoms with E-state index in [1.165, 1.54) is 51.6 Å². The molecular formula is C12H24N2. The van der Waals surface area contributed by atoms with Crippen LogP contribution in [0.4, 0.5) is 0 Å². The molecular weight excluding hydrogens is 172 g/mol. The summed E-state index contributed by atoms with van der Waals surface area (Å²) >= 11 is 0. The fourth-order valence-electron chi connectivity index (χ4n) is 2.73. The molecule has 2 N–H and O–H groups in total. The lowest BCUT2D eigenvalue weighted by Crippen LogP contribution is -2.34. The molecule has 2 heteroatoms. The molecule has 1 saturated heterocycles. The molecule has 2 aliphatic rings. The average molecular weight is 196 g/mol. The van der Waals surface area contributed by atoms with E-state index < -0.39 is 0 Å². The lowest BCUT2D eigenvalue weighted by atomic mass is 10.1. The van der Waals surface area contributed by atoms with Crippen LogP contribution >= 0.6 is 0 Å². The zero-order valence-corrected chi connectivity index (χ0v) is 9.41. The van der Waals surface area contributed by atoms with Gasteiger partial charge in [0.25, 0.3) is 0 Å². The topological polar surface area (TPSA) is 29.3 Å². The number of rotatable bonds is 5. The molecule has 0 amide bonds. The number of hydrogen-bond donors (Lipinski definition) is 1. The molecule has 0 aromatic heterocycles. The van der Waals surface area contributed by atoms with Crippen molar-refractivity contribution >= 4 is 0 Å². The van der Waals surface area contributed by atoms with Crippen LogP contribution in [0.5, 0.6) is 0 Å². The Morgan fingerprint density at radius 3 is 2.79 bits per heavy atom. The fourth-order valence-corrected chi connectivity index (χ4v) is 2.73. The summed E-state index contributed by atoms with van der Waals surface area (Å²) < 4.78 is 0. The maximum Gasteiger partial charge on any atom is 0.00931 e. The van der Waals surface area contributed by atoms with Gasteiger partial charge in [-0.3, -0.25) is 0 Å². The first-order valence-electron chi connectivity index (χ1n) is 6.31. The summed E-state index contributed by atoms with van der Waals surface area (Å²) in [7, 11) is 0. The van der Waals surface area contributed by atoms with Crippen molar-refractivity contribution in [2.75, 3.05) is 13.1 Å². The summed E-state index contributed by atoms with van der Waals surface area (Å²) in [6.45, 7) is 4.87. The Morgan fingerprint density at radius 1 is 1.36 bits per heavy atom. The van der Waals surface area contributed by atoms with Crippen LogP contribution in [0.15, 0.2) is 0 Å². The molecule has 2 fully saturated rings.